The zero-order valence-corrected chi connectivity index (χ0v) is 20.7. The predicted molar refractivity (Wildman–Crippen MR) is 142 cm³/mol. The van der Waals surface area contributed by atoms with Gasteiger partial charge < -0.3 is 15.3 Å². The third-order valence-electron chi connectivity index (χ3n) is 7.07. The Morgan fingerprint density at radius 1 is 1.11 bits per heavy atom. The van der Waals surface area contributed by atoms with Crippen molar-refractivity contribution in [2.24, 2.45) is 7.05 Å². The summed E-state index contributed by atoms with van der Waals surface area (Å²) in [6, 6.07) is 10.9. The summed E-state index contributed by atoms with van der Waals surface area (Å²) in [5.41, 5.74) is 4.63. The number of aromatic nitrogens is 5. The monoisotopic (exact) mass is 499 g/mol. The number of β-amino-alcohol motifs (C(OH)–C–C–N with tert-alkyl or cyclic N) is 1. The van der Waals surface area contributed by atoms with E-state index in [0.717, 1.165) is 23.3 Å². The van der Waals surface area contributed by atoms with Crippen molar-refractivity contribution in [2.45, 2.75) is 19.4 Å². The number of imidazole rings is 1. The van der Waals surface area contributed by atoms with E-state index in [1.165, 1.54) is 6.07 Å². The molecule has 5 heterocycles. The molecular weight excluding hydrogens is 473 g/mol. The molecule has 0 unspecified atom stereocenters. The van der Waals surface area contributed by atoms with Crippen LogP contribution in [0.5, 0.6) is 0 Å². The lowest BCUT2D eigenvalue weighted by Gasteiger charge is -2.18. The Bertz CT molecular complexity index is 1740. The molecule has 9 nitrogen and oxygen atoms in total. The highest BCUT2D eigenvalue weighted by molar-refractivity contribution is 6.04. The normalized spacial score (nSPS) is 15.7. The summed E-state index contributed by atoms with van der Waals surface area (Å²) >= 11 is 0. The van der Waals surface area contributed by atoms with E-state index in [9.17, 15) is 14.3 Å². The van der Waals surface area contributed by atoms with Gasteiger partial charge in [0.25, 0.3) is 0 Å². The zero-order chi connectivity index (χ0) is 25.8. The Morgan fingerprint density at radius 2 is 1.95 bits per heavy atom. The van der Waals surface area contributed by atoms with Gasteiger partial charge in [-0.3, -0.25) is 14.1 Å². The van der Waals surface area contributed by atoms with E-state index in [1.807, 2.05) is 42.2 Å². The van der Waals surface area contributed by atoms with E-state index in [1.54, 1.807) is 35.6 Å². The average Bonchev–Trinajstić information content (AvgIpc) is 3.44. The molecule has 4 aromatic heterocycles. The van der Waals surface area contributed by atoms with E-state index in [2.05, 4.69) is 15.3 Å². The largest absolute Gasteiger partial charge is 0.391 e. The second-order valence-corrected chi connectivity index (χ2v) is 9.37. The fraction of sp³-hybridized carbons (Fsp3) is 0.259. The number of rotatable bonds is 4. The zero-order valence-electron chi connectivity index (χ0n) is 20.7. The molecule has 0 bridgehead atoms. The molecule has 1 fully saturated rings. The topological polar surface area (TPSA) is 101 Å². The van der Waals surface area contributed by atoms with Gasteiger partial charge >= 0.3 is 5.69 Å². The van der Waals surface area contributed by atoms with Crippen LogP contribution in [0.1, 0.15) is 12.1 Å². The van der Waals surface area contributed by atoms with E-state index >= 15 is 0 Å². The molecule has 0 spiro atoms. The highest BCUT2D eigenvalue weighted by Crippen LogP contribution is 2.31. The summed E-state index contributed by atoms with van der Waals surface area (Å²) in [6.07, 6.45) is 3.67. The van der Waals surface area contributed by atoms with Crippen LogP contribution >= 0.6 is 0 Å². The predicted octanol–water partition coefficient (Wildman–Crippen LogP) is 3.39. The Kier molecular flexibility index (Phi) is 5.41. The maximum atomic E-state index is 14.4. The molecule has 1 aromatic carbocycles. The minimum atomic E-state index is -0.444. The van der Waals surface area contributed by atoms with Gasteiger partial charge in [-0.25, -0.2) is 19.2 Å². The van der Waals surface area contributed by atoms with E-state index in [4.69, 9.17) is 4.98 Å². The number of nitrogens with zero attached hydrogens (tertiary/aromatic N) is 6. The van der Waals surface area contributed by atoms with E-state index in [0.29, 0.717) is 46.5 Å². The lowest BCUT2D eigenvalue weighted by Crippen LogP contribution is -2.24. The van der Waals surface area contributed by atoms with E-state index < -0.39 is 5.82 Å². The maximum absolute atomic E-state index is 14.4. The van der Waals surface area contributed by atoms with Crippen LogP contribution in [-0.2, 0) is 7.05 Å². The lowest BCUT2D eigenvalue weighted by atomic mass is 10.0. The summed E-state index contributed by atoms with van der Waals surface area (Å²) in [4.78, 5) is 29.1. The first-order valence-corrected chi connectivity index (χ1v) is 12.1. The Balaban J connectivity index is 1.55. The maximum Gasteiger partial charge on any atom is 0.333 e. The highest BCUT2D eigenvalue weighted by atomic mass is 19.1. The molecule has 2 N–H and O–H groups in total. The minimum absolute atomic E-state index is 0.181. The van der Waals surface area contributed by atoms with Crippen LogP contribution in [0.4, 0.5) is 16.0 Å². The molecule has 0 saturated carbocycles. The van der Waals surface area contributed by atoms with Gasteiger partial charge in [-0.2, -0.15) is 0 Å². The fourth-order valence-corrected chi connectivity index (χ4v) is 5.08. The van der Waals surface area contributed by atoms with Crippen molar-refractivity contribution >= 4 is 33.6 Å². The van der Waals surface area contributed by atoms with Gasteiger partial charge in [0.05, 0.1) is 40.2 Å². The van der Waals surface area contributed by atoms with Gasteiger partial charge in [0.1, 0.15) is 5.82 Å². The van der Waals surface area contributed by atoms with Crippen LogP contribution < -0.4 is 15.9 Å². The lowest BCUT2D eigenvalue weighted by molar-refractivity contribution is 0.198. The Morgan fingerprint density at radius 3 is 2.65 bits per heavy atom. The van der Waals surface area contributed by atoms with Gasteiger partial charge in [-0.15, -0.1) is 0 Å². The second kappa shape index (κ2) is 8.67. The molecule has 0 amide bonds. The number of benzene rings is 1. The molecule has 0 radical (unpaired) electrons. The third-order valence-corrected chi connectivity index (χ3v) is 7.07. The Hall–Kier alpha value is -4.31. The number of nitrogens with one attached hydrogen (secondary N) is 1. The third kappa shape index (κ3) is 3.72. The first-order chi connectivity index (χ1) is 17.9. The van der Waals surface area contributed by atoms with Gasteiger partial charge in [0.15, 0.2) is 11.6 Å². The van der Waals surface area contributed by atoms with Crippen LogP contribution in [0, 0.1) is 12.7 Å². The fourth-order valence-electron chi connectivity index (χ4n) is 5.08. The van der Waals surface area contributed by atoms with Crippen molar-refractivity contribution in [3.05, 3.63) is 70.8 Å². The van der Waals surface area contributed by atoms with Crippen molar-refractivity contribution in [1.29, 1.82) is 0 Å². The molecule has 6 rings (SSSR count). The van der Waals surface area contributed by atoms with Crippen molar-refractivity contribution in [1.82, 2.24) is 24.1 Å². The first-order valence-electron chi connectivity index (χ1n) is 12.1. The van der Waals surface area contributed by atoms with Crippen molar-refractivity contribution in [2.75, 3.05) is 30.4 Å². The summed E-state index contributed by atoms with van der Waals surface area (Å²) in [7, 11) is 3.34. The molecule has 10 heteroatoms. The summed E-state index contributed by atoms with van der Waals surface area (Å²) in [6.45, 7) is 3.16. The van der Waals surface area contributed by atoms with Gasteiger partial charge in [0, 0.05) is 44.3 Å². The molecular formula is C27H26FN7O2. The van der Waals surface area contributed by atoms with Crippen molar-refractivity contribution in [3.63, 3.8) is 0 Å². The SMILES string of the molecule is CNc1ncc(-c2ccc3ncc4c(c3c2)n(-c2ccc(N3CC[C@H](O)C3)nc2C)c(=O)n4C)cc1F. The average molecular weight is 500 g/mol. The second-order valence-electron chi connectivity index (χ2n) is 9.37. The van der Waals surface area contributed by atoms with Gasteiger partial charge in [-0.1, -0.05) is 6.07 Å². The number of aliphatic hydroxyl groups excluding tert-OH is 1. The highest BCUT2D eigenvalue weighted by Gasteiger charge is 2.23. The first kappa shape index (κ1) is 23.1. The number of pyridine rings is 3. The number of hydrogen-bond acceptors (Lipinski definition) is 7. The number of hydrogen-bond donors (Lipinski definition) is 2. The number of aliphatic hydroxyl groups is 1. The Labute approximate surface area is 211 Å². The summed E-state index contributed by atoms with van der Waals surface area (Å²) in [5.74, 6) is 0.514. The molecule has 5 aromatic rings. The number of fused-ring (bicyclic) bond motifs is 3. The van der Waals surface area contributed by atoms with Crippen LogP contribution in [0.25, 0.3) is 38.8 Å². The number of halogens is 1. The van der Waals surface area contributed by atoms with Gasteiger partial charge in [-0.05, 0) is 49.2 Å². The number of aryl methyl sites for hydroxylation is 2. The van der Waals surface area contributed by atoms with Crippen LogP contribution in [0.15, 0.2) is 53.6 Å². The van der Waals surface area contributed by atoms with Crippen molar-refractivity contribution in [3.8, 4) is 16.8 Å². The minimum Gasteiger partial charge on any atom is -0.391 e. The van der Waals surface area contributed by atoms with Gasteiger partial charge in [0.2, 0.25) is 0 Å². The number of anilines is 2. The van der Waals surface area contributed by atoms with Crippen molar-refractivity contribution < 1.29 is 9.50 Å². The summed E-state index contributed by atoms with van der Waals surface area (Å²) in [5, 5.41) is 13.4. The van der Waals surface area contributed by atoms with E-state index in [-0.39, 0.29) is 17.6 Å². The molecule has 188 valence electrons. The van der Waals surface area contributed by atoms with Crippen LogP contribution in [-0.4, -0.2) is 55.4 Å². The molecule has 1 saturated heterocycles. The smallest absolute Gasteiger partial charge is 0.333 e. The standard InChI is InChI=1S/C27H26FN7O2/c1-15-22(6-7-24(32-15)34-9-8-18(36)14-34)35-25-19-10-16(17-11-20(28)26(29-2)31-12-17)4-5-21(19)30-13-23(25)33(3)27(35)37/h4-7,10-13,18,36H,8-9,14H2,1-3H3,(H,29,31)/t18-/m0/s1. The molecule has 1 aliphatic rings. The quantitative estimate of drug-likeness (QED) is 0.391. The summed E-state index contributed by atoms with van der Waals surface area (Å²) < 4.78 is 17.7. The molecule has 1 atom stereocenters. The molecule has 1 aliphatic heterocycles. The van der Waals surface area contributed by atoms with Crippen LogP contribution in [0.2, 0.25) is 0 Å². The molecule has 37 heavy (non-hydrogen) atoms. The van der Waals surface area contributed by atoms with Crippen LogP contribution in [0.3, 0.4) is 0 Å². The molecule has 0 aliphatic carbocycles.